The minimum Gasteiger partial charge on any atom is -0.468 e. The van der Waals surface area contributed by atoms with E-state index in [9.17, 15) is 13.2 Å². The first kappa shape index (κ1) is 21.9. The van der Waals surface area contributed by atoms with Crippen LogP contribution in [0, 0.1) is 0 Å². The Morgan fingerprint density at radius 2 is 2.07 bits per heavy atom. The Morgan fingerprint density at radius 3 is 2.74 bits per heavy atom. The van der Waals surface area contributed by atoms with Crippen molar-refractivity contribution in [2.45, 2.75) is 12.2 Å². The molecule has 1 amide bonds. The molecule has 0 atom stereocenters. The fraction of sp³-hybridized carbons (Fsp3) is 0.353. The molecule has 10 heteroatoms. The summed E-state index contributed by atoms with van der Waals surface area (Å²) in [6, 6.07) is 8.22. The fourth-order valence-electron chi connectivity index (χ4n) is 2.21. The Hall–Kier alpha value is -1.35. The summed E-state index contributed by atoms with van der Waals surface area (Å²) in [5, 5.41) is 3.26. The molecule has 1 aromatic heterocycles. The maximum atomic E-state index is 12.2. The molecule has 0 bridgehead atoms. The van der Waals surface area contributed by atoms with Gasteiger partial charge in [-0.15, -0.1) is 0 Å². The smallest absolute Gasteiger partial charge is 0.240 e. The molecule has 1 N–H and O–H groups in total. The molecule has 0 unspecified atom stereocenters. The minimum absolute atomic E-state index is 0.177. The number of anilines is 1. The van der Waals surface area contributed by atoms with E-state index < -0.39 is 15.9 Å². The van der Waals surface area contributed by atoms with Crippen molar-refractivity contribution in [2.75, 3.05) is 29.4 Å². The lowest BCUT2D eigenvalue weighted by molar-refractivity contribution is -0.119. The van der Waals surface area contributed by atoms with Crippen molar-refractivity contribution in [3.05, 3.63) is 52.4 Å². The van der Waals surface area contributed by atoms with Gasteiger partial charge >= 0.3 is 0 Å². The summed E-state index contributed by atoms with van der Waals surface area (Å²) in [5.41, 5.74) is 0.177. The second kappa shape index (κ2) is 10.3. The van der Waals surface area contributed by atoms with Gasteiger partial charge in [0.2, 0.25) is 15.9 Å². The quantitative estimate of drug-likeness (QED) is 0.556. The number of carbonyl (C=O) groups is 1. The number of furan rings is 1. The minimum atomic E-state index is -3.70. The number of benzene rings is 1. The van der Waals surface area contributed by atoms with Crippen molar-refractivity contribution in [1.82, 2.24) is 5.32 Å². The van der Waals surface area contributed by atoms with Crippen LogP contribution in [-0.4, -0.2) is 39.4 Å². The maximum absolute atomic E-state index is 12.2. The molecule has 27 heavy (non-hydrogen) atoms. The van der Waals surface area contributed by atoms with Gasteiger partial charge in [0.1, 0.15) is 12.3 Å². The first-order valence-corrected chi connectivity index (χ1v) is 11.8. The average molecular weight is 451 g/mol. The van der Waals surface area contributed by atoms with Gasteiger partial charge in [-0.2, -0.15) is 11.8 Å². The third kappa shape index (κ3) is 7.29. The molecule has 6 nitrogen and oxygen atoms in total. The zero-order valence-electron chi connectivity index (χ0n) is 14.7. The molecular weight excluding hydrogens is 431 g/mol. The van der Waals surface area contributed by atoms with Gasteiger partial charge < -0.3 is 9.73 Å². The summed E-state index contributed by atoms with van der Waals surface area (Å²) in [4.78, 5) is 12.2. The van der Waals surface area contributed by atoms with Gasteiger partial charge in [-0.3, -0.25) is 9.10 Å². The molecular formula is C17H20Cl2N2O4S2. The molecule has 0 spiro atoms. The second-order valence-corrected chi connectivity index (χ2v) is 9.56. The van der Waals surface area contributed by atoms with Crippen LogP contribution in [0.3, 0.4) is 0 Å². The number of sulfonamides is 1. The van der Waals surface area contributed by atoms with E-state index in [1.54, 1.807) is 24.1 Å². The van der Waals surface area contributed by atoms with Crippen LogP contribution in [0.25, 0.3) is 0 Å². The number of nitrogens with zero attached hydrogens (tertiary/aromatic N) is 1. The monoisotopic (exact) mass is 450 g/mol. The first-order chi connectivity index (χ1) is 12.8. The van der Waals surface area contributed by atoms with E-state index in [-0.39, 0.29) is 17.3 Å². The summed E-state index contributed by atoms with van der Waals surface area (Å²) >= 11 is 13.7. The van der Waals surface area contributed by atoms with Gasteiger partial charge in [-0.05, 0) is 42.5 Å². The molecule has 0 radical (unpaired) electrons. The highest BCUT2D eigenvalue weighted by Gasteiger charge is 2.23. The third-order valence-electron chi connectivity index (χ3n) is 3.48. The van der Waals surface area contributed by atoms with E-state index in [1.807, 2.05) is 12.1 Å². The van der Waals surface area contributed by atoms with E-state index in [0.29, 0.717) is 11.6 Å². The molecule has 1 aromatic carbocycles. The van der Waals surface area contributed by atoms with Crippen molar-refractivity contribution >= 4 is 56.6 Å². The van der Waals surface area contributed by atoms with Gasteiger partial charge in [0.05, 0.1) is 29.0 Å². The Labute approximate surface area is 173 Å². The number of rotatable bonds is 10. The largest absolute Gasteiger partial charge is 0.468 e. The lowest BCUT2D eigenvalue weighted by Crippen LogP contribution is -2.40. The van der Waals surface area contributed by atoms with Crippen molar-refractivity contribution in [3.8, 4) is 0 Å². The molecule has 148 valence electrons. The Morgan fingerprint density at radius 1 is 1.30 bits per heavy atom. The highest BCUT2D eigenvalue weighted by molar-refractivity contribution is 7.98. The lowest BCUT2D eigenvalue weighted by Gasteiger charge is -2.23. The van der Waals surface area contributed by atoms with E-state index in [4.69, 9.17) is 27.6 Å². The topological polar surface area (TPSA) is 79.6 Å². The summed E-state index contributed by atoms with van der Waals surface area (Å²) < 4.78 is 30.4. The van der Waals surface area contributed by atoms with Crippen LogP contribution in [0.4, 0.5) is 5.69 Å². The fourth-order valence-corrected chi connectivity index (χ4v) is 4.37. The van der Waals surface area contributed by atoms with Crippen LogP contribution < -0.4 is 9.62 Å². The molecule has 0 saturated carbocycles. The van der Waals surface area contributed by atoms with Crippen LogP contribution >= 0.6 is 35.0 Å². The van der Waals surface area contributed by atoms with Crippen molar-refractivity contribution in [1.29, 1.82) is 0 Å². The van der Waals surface area contributed by atoms with Crippen LogP contribution in [0.5, 0.6) is 0 Å². The molecule has 0 fully saturated rings. The van der Waals surface area contributed by atoms with E-state index in [0.717, 1.165) is 34.2 Å². The molecule has 2 rings (SSSR count). The Bertz CT molecular complexity index is 858. The molecule has 1 heterocycles. The van der Waals surface area contributed by atoms with E-state index in [1.165, 1.54) is 12.1 Å². The first-order valence-electron chi connectivity index (χ1n) is 8.07. The number of hydrogen-bond acceptors (Lipinski definition) is 5. The summed E-state index contributed by atoms with van der Waals surface area (Å²) in [7, 11) is -3.70. The van der Waals surface area contributed by atoms with Gasteiger partial charge in [-0.1, -0.05) is 23.2 Å². The molecule has 2 aromatic rings. The number of amides is 1. The van der Waals surface area contributed by atoms with Crippen LogP contribution in [0.2, 0.25) is 10.0 Å². The standard InChI is InChI=1S/C17H20Cl2N2O4S2/c1-27(23,24)21(16-10-13(18)5-6-15(16)19)11-17(22)20-7-3-9-26-12-14-4-2-8-25-14/h2,4-6,8,10H,3,7,9,11-12H2,1H3,(H,20,22). The molecule has 0 aliphatic heterocycles. The SMILES string of the molecule is CS(=O)(=O)N(CC(=O)NCCCSCc1ccco1)c1cc(Cl)ccc1Cl. The van der Waals surface area contributed by atoms with Gasteiger partial charge in [0, 0.05) is 11.6 Å². The summed E-state index contributed by atoms with van der Waals surface area (Å²) in [6.07, 6.45) is 3.41. The Kier molecular flexibility index (Phi) is 8.34. The second-order valence-electron chi connectivity index (χ2n) is 5.70. The van der Waals surface area contributed by atoms with Crippen molar-refractivity contribution in [3.63, 3.8) is 0 Å². The van der Waals surface area contributed by atoms with Crippen molar-refractivity contribution < 1.29 is 17.6 Å². The number of carbonyl (C=O) groups excluding carboxylic acids is 1. The molecule has 0 aliphatic rings. The third-order valence-corrected chi connectivity index (χ3v) is 6.22. The van der Waals surface area contributed by atoms with Gasteiger partial charge in [-0.25, -0.2) is 8.42 Å². The lowest BCUT2D eigenvalue weighted by atomic mass is 10.3. The average Bonchev–Trinajstić information content (AvgIpc) is 3.10. The highest BCUT2D eigenvalue weighted by atomic mass is 35.5. The normalized spacial score (nSPS) is 11.4. The Balaban J connectivity index is 1.83. The van der Waals surface area contributed by atoms with Crippen molar-refractivity contribution in [2.24, 2.45) is 0 Å². The number of hydrogen-bond donors (Lipinski definition) is 1. The van der Waals surface area contributed by atoms with E-state index in [2.05, 4.69) is 5.32 Å². The number of halogens is 2. The van der Waals surface area contributed by atoms with Crippen LogP contribution in [-0.2, 0) is 20.6 Å². The van der Waals surface area contributed by atoms with Gasteiger partial charge in [0.15, 0.2) is 0 Å². The van der Waals surface area contributed by atoms with Crippen LogP contribution in [0.1, 0.15) is 12.2 Å². The number of thioether (sulfide) groups is 1. The predicted octanol–water partition coefficient (Wildman–Crippen LogP) is 3.79. The number of nitrogens with one attached hydrogen (secondary N) is 1. The summed E-state index contributed by atoms with van der Waals surface area (Å²) in [6.45, 7) is 0.0866. The summed E-state index contributed by atoms with van der Waals surface area (Å²) in [5.74, 6) is 2.12. The predicted molar refractivity (Wildman–Crippen MR) is 111 cm³/mol. The van der Waals surface area contributed by atoms with Crippen LogP contribution in [0.15, 0.2) is 41.0 Å². The zero-order valence-corrected chi connectivity index (χ0v) is 17.8. The maximum Gasteiger partial charge on any atom is 0.240 e. The van der Waals surface area contributed by atoms with E-state index >= 15 is 0 Å². The molecule has 0 saturated heterocycles. The molecule has 0 aliphatic carbocycles. The van der Waals surface area contributed by atoms with Gasteiger partial charge in [0.25, 0.3) is 0 Å². The zero-order chi connectivity index (χ0) is 19.9. The highest BCUT2D eigenvalue weighted by Crippen LogP contribution is 2.30.